The van der Waals surface area contributed by atoms with E-state index < -0.39 is 0 Å². The number of rotatable bonds is 4. The van der Waals surface area contributed by atoms with Crippen molar-refractivity contribution in [1.29, 1.82) is 0 Å². The SMILES string of the molecule is c1cc(-c2nc3ccccc3nc2-c2ccc3oc4ccccc4c3c2)c2ccc(-n3c4ccccc4c4cc5cccc(-n6c7ccccc7c7ccc8ccccc8c76)c5cc43)cc2c1. The summed E-state index contributed by atoms with van der Waals surface area (Å²) in [5, 5.41) is 14.2. The second-order valence-corrected chi connectivity index (χ2v) is 17.7. The Balaban J connectivity index is 0.949. The quantitative estimate of drug-likeness (QED) is 0.177. The largest absolute Gasteiger partial charge is 0.456 e. The van der Waals surface area contributed by atoms with Crippen molar-refractivity contribution in [3.05, 3.63) is 218 Å². The second kappa shape index (κ2) is 13.7. The minimum Gasteiger partial charge on any atom is -0.456 e. The maximum absolute atomic E-state index is 6.23. The molecular weight excluding hydrogens is 817 g/mol. The van der Waals surface area contributed by atoms with Crippen molar-refractivity contribution in [3.8, 4) is 33.9 Å². The third-order valence-electron chi connectivity index (χ3n) is 14.0. The highest BCUT2D eigenvalue weighted by Crippen LogP contribution is 2.43. The van der Waals surface area contributed by atoms with Crippen molar-refractivity contribution >= 4 is 109 Å². The smallest absolute Gasteiger partial charge is 0.135 e. The Hall–Kier alpha value is -9.06. The Labute approximate surface area is 383 Å². The molecule has 4 aromatic heterocycles. The average molecular weight is 853 g/mol. The van der Waals surface area contributed by atoms with Gasteiger partial charge in [-0.3, -0.25) is 0 Å². The summed E-state index contributed by atoms with van der Waals surface area (Å²) in [6.45, 7) is 0. The molecule has 0 aliphatic carbocycles. The van der Waals surface area contributed by atoms with Crippen molar-refractivity contribution in [2.24, 2.45) is 0 Å². The summed E-state index contributed by atoms with van der Waals surface area (Å²) in [6, 6.07) is 78.6. The number of benzene rings is 11. The molecule has 0 aliphatic rings. The lowest BCUT2D eigenvalue weighted by Gasteiger charge is -2.15. The van der Waals surface area contributed by atoms with Gasteiger partial charge in [-0.15, -0.1) is 0 Å². The molecule has 0 N–H and O–H groups in total. The van der Waals surface area contributed by atoms with E-state index in [0.717, 1.165) is 88.7 Å². The van der Waals surface area contributed by atoms with Gasteiger partial charge in [0.15, 0.2) is 0 Å². The van der Waals surface area contributed by atoms with Gasteiger partial charge in [-0.05, 0) is 100 Å². The van der Waals surface area contributed by atoms with Crippen LogP contribution in [-0.4, -0.2) is 19.1 Å². The Morgan fingerprint density at radius 3 is 1.82 bits per heavy atom. The Morgan fingerprint density at radius 2 is 0.970 bits per heavy atom. The van der Waals surface area contributed by atoms with E-state index in [9.17, 15) is 0 Å². The average Bonchev–Trinajstić information content (AvgIpc) is 4.04. The van der Waals surface area contributed by atoms with E-state index in [0.29, 0.717) is 0 Å². The molecule has 0 aliphatic heterocycles. The molecule has 11 aromatic carbocycles. The van der Waals surface area contributed by atoms with E-state index in [2.05, 4.69) is 191 Å². The Kier molecular flexibility index (Phi) is 7.44. The number of aromatic nitrogens is 4. The summed E-state index contributed by atoms with van der Waals surface area (Å²) in [5.74, 6) is 0. The van der Waals surface area contributed by atoms with Crippen LogP contribution in [0.5, 0.6) is 0 Å². The Bertz CT molecular complexity index is 4590. The standard InChI is InChI=1S/C62H36N4O/c1-2-16-43-37(13-1)27-30-48-44-17-3-9-24-55(44)66(62(43)48)56-25-12-15-39-34-50-45-18-4-8-23-54(45)65(57(50)36-49(39)56)41-29-31-42-38(33-41)14-11-20-47(42)61-60(63-52-21-6-7-22-53(52)64-61)40-28-32-59-51(35-40)46-19-5-10-26-58(46)67-59/h1-36H. The predicted molar refractivity (Wildman–Crippen MR) is 279 cm³/mol. The van der Waals surface area contributed by atoms with Crippen molar-refractivity contribution in [2.45, 2.75) is 0 Å². The van der Waals surface area contributed by atoms with Crippen LogP contribution in [0.2, 0.25) is 0 Å². The zero-order chi connectivity index (χ0) is 43.7. The first kappa shape index (κ1) is 36.3. The minimum atomic E-state index is 0.837. The van der Waals surface area contributed by atoms with Crippen LogP contribution in [0.3, 0.4) is 0 Å². The van der Waals surface area contributed by atoms with Gasteiger partial charge in [0.1, 0.15) is 11.2 Å². The van der Waals surface area contributed by atoms with E-state index in [1.165, 1.54) is 54.1 Å². The van der Waals surface area contributed by atoms with Gasteiger partial charge in [0.2, 0.25) is 0 Å². The maximum atomic E-state index is 6.23. The van der Waals surface area contributed by atoms with Crippen LogP contribution in [0.15, 0.2) is 223 Å². The zero-order valence-electron chi connectivity index (χ0n) is 36.0. The lowest BCUT2D eigenvalue weighted by molar-refractivity contribution is 0.669. The first-order valence-corrected chi connectivity index (χ1v) is 22.8. The summed E-state index contributed by atoms with van der Waals surface area (Å²) in [4.78, 5) is 10.7. The van der Waals surface area contributed by atoms with E-state index >= 15 is 0 Å². The molecule has 0 unspecified atom stereocenters. The van der Waals surface area contributed by atoms with E-state index in [1.807, 2.05) is 36.4 Å². The zero-order valence-corrected chi connectivity index (χ0v) is 36.0. The van der Waals surface area contributed by atoms with Crippen LogP contribution in [0.1, 0.15) is 0 Å². The summed E-state index contributed by atoms with van der Waals surface area (Å²) in [6.07, 6.45) is 0. The molecule has 0 bridgehead atoms. The molecule has 15 aromatic rings. The van der Waals surface area contributed by atoms with Gasteiger partial charge in [-0.25, -0.2) is 9.97 Å². The number of hydrogen-bond donors (Lipinski definition) is 0. The molecule has 0 saturated heterocycles. The highest BCUT2D eigenvalue weighted by atomic mass is 16.3. The summed E-state index contributed by atoms with van der Waals surface area (Å²) in [5.41, 5.74) is 14.2. The monoisotopic (exact) mass is 852 g/mol. The van der Waals surface area contributed by atoms with Gasteiger partial charge < -0.3 is 13.6 Å². The fourth-order valence-corrected chi connectivity index (χ4v) is 11.1. The van der Waals surface area contributed by atoms with Gasteiger partial charge in [-0.2, -0.15) is 0 Å². The fraction of sp³-hybridized carbons (Fsp3) is 0. The topological polar surface area (TPSA) is 48.8 Å². The van der Waals surface area contributed by atoms with Crippen molar-refractivity contribution < 1.29 is 4.42 Å². The highest BCUT2D eigenvalue weighted by Gasteiger charge is 2.21. The number of para-hydroxylation sites is 5. The first-order chi connectivity index (χ1) is 33.2. The van der Waals surface area contributed by atoms with Crippen LogP contribution in [0.4, 0.5) is 0 Å². The van der Waals surface area contributed by atoms with Gasteiger partial charge in [0, 0.05) is 59.9 Å². The molecule has 0 atom stereocenters. The fourth-order valence-electron chi connectivity index (χ4n) is 11.1. The van der Waals surface area contributed by atoms with Gasteiger partial charge in [0.25, 0.3) is 0 Å². The van der Waals surface area contributed by atoms with Gasteiger partial charge in [-0.1, -0.05) is 140 Å². The van der Waals surface area contributed by atoms with Crippen LogP contribution in [-0.2, 0) is 0 Å². The Morgan fingerprint density at radius 1 is 0.328 bits per heavy atom. The molecule has 0 saturated carbocycles. The summed E-state index contributed by atoms with van der Waals surface area (Å²) < 4.78 is 11.2. The van der Waals surface area contributed by atoms with Crippen molar-refractivity contribution in [1.82, 2.24) is 19.1 Å². The normalized spacial score (nSPS) is 12.2. The molecule has 15 rings (SSSR count). The molecule has 0 amide bonds. The van der Waals surface area contributed by atoms with Gasteiger partial charge >= 0.3 is 0 Å². The molecule has 67 heavy (non-hydrogen) atoms. The number of fused-ring (bicyclic) bond motifs is 14. The molecule has 5 nitrogen and oxygen atoms in total. The van der Waals surface area contributed by atoms with Crippen molar-refractivity contribution in [3.63, 3.8) is 0 Å². The number of hydrogen-bond acceptors (Lipinski definition) is 3. The molecule has 0 spiro atoms. The van der Waals surface area contributed by atoms with E-state index in [4.69, 9.17) is 14.4 Å². The molecule has 5 heteroatoms. The van der Waals surface area contributed by atoms with E-state index in [-0.39, 0.29) is 0 Å². The van der Waals surface area contributed by atoms with E-state index in [1.54, 1.807) is 0 Å². The number of furan rings is 1. The summed E-state index contributed by atoms with van der Waals surface area (Å²) >= 11 is 0. The van der Waals surface area contributed by atoms with Crippen LogP contribution in [0.25, 0.3) is 143 Å². The lowest BCUT2D eigenvalue weighted by atomic mass is 9.97. The molecule has 0 radical (unpaired) electrons. The minimum absolute atomic E-state index is 0.837. The van der Waals surface area contributed by atoms with Crippen LogP contribution < -0.4 is 0 Å². The molecule has 310 valence electrons. The predicted octanol–water partition coefficient (Wildman–Crippen LogP) is 16.5. The van der Waals surface area contributed by atoms with Crippen LogP contribution in [0, 0.1) is 0 Å². The summed E-state index contributed by atoms with van der Waals surface area (Å²) in [7, 11) is 0. The molecule has 0 fully saturated rings. The highest BCUT2D eigenvalue weighted by molar-refractivity contribution is 6.20. The third kappa shape index (κ3) is 5.25. The second-order valence-electron chi connectivity index (χ2n) is 17.7. The maximum Gasteiger partial charge on any atom is 0.135 e. The first-order valence-electron chi connectivity index (χ1n) is 22.8. The third-order valence-corrected chi connectivity index (χ3v) is 14.0. The molecule has 4 heterocycles. The lowest BCUT2D eigenvalue weighted by Crippen LogP contribution is -1.98. The van der Waals surface area contributed by atoms with Gasteiger partial charge in [0.05, 0.1) is 50.2 Å². The van der Waals surface area contributed by atoms with Crippen molar-refractivity contribution in [2.75, 3.05) is 0 Å². The molecular formula is C62H36N4O. The number of nitrogens with zero attached hydrogens (tertiary/aromatic N) is 4. The van der Waals surface area contributed by atoms with Crippen LogP contribution >= 0.6 is 0 Å².